The fourth-order valence-corrected chi connectivity index (χ4v) is 0.558. The summed E-state index contributed by atoms with van der Waals surface area (Å²) in [6, 6.07) is 0. The maximum atomic E-state index is 10.9. The molecular weight excluding hydrogens is 140 g/mol. The lowest BCUT2D eigenvalue weighted by Gasteiger charge is -1.96. The summed E-state index contributed by atoms with van der Waals surface area (Å²) in [5, 5.41) is 0. The van der Waals surface area contributed by atoms with Crippen LogP contribution in [-0.2, 0) is 4.79 Å². The summed E-state index contributed by atoms with van der Waals surface area (Å²) in [5.74, 6) is 4.62. The third-order valence-corrected chi connectivity index (χ3v) is 1.12. The Morgan fingerprint density at radius 2 is 2.27 bits per heavy atom. The molecule has 3 heteroatoms. The van der Waals surface area contributed by atoms with E-state index in [2.05, 4.69) is 6.58 Å². The minimum atomic E-state index is -0.300. The first kappa shape index (κ1) is 9.65. The molecule has 0 bridgehead atoms. The summed E-state index contributed by atoms with van der Waals surface area (Å²) >= 11 is 0. The molecule has 11 heavy (non-hydrogen) atoms. The SMILES string of the molecule is C=C/C=C\C(=C/C)C(=O)NN. The lowest BCUT2D eigenvalue weighted by Crippen LogP contribution is -2.30. The normalized spacial score (nSPS) is 11.6. The number of carbonyl (C=O) groups excluding carboxylic acids is 1. The van der Waals surface area contributed by atoms with Crippen LogP contribution in [0, 0.1) is 0 Å². The molecule has 3 nitrogen and oxygen atoms in total. The van der Waals surface area contributed by atoms with Gasteiger partial charge in [0.1, 0.15) is 0 Å². The maximum Gasteiger partial charge on any atom is 0.264 e. The predicted molar refractivity (Wildman–Crippen MR) is 45.4 cm³/mol. The van der Waals surface area contributed by atoms with Gasteiger partial charge in [0.25, 0.3) is 5.91 Å². The first-order chi connectivity index (χ1) is 5.26. The molecule has 0 spiro atoms. The molecule has 0 aliphatic rings. The third-order valence-electron chi connectivity index (χ3n) is 1.12. The van der Waals surface area contributed by atoms with Crippen LogP contribution in [0.3, 0.4) is 0 Å². The highest BCUT2D eigenvalue weighted by Crippen LogP contribution is 1.95. The molecule has 0 aromatic heterocycles. The molecule has 1 amide bonds. The van der Waals surface area contributed by atoms with Crippen molar-refractivity contribution < 1.29 is 4.79 Å². The van der Waals surface area contributed by atoms with E-state index in [1.807, 2.05) is 5.43 Å². The van der Waals surface area contributed by atoms with Gasteiger partial charge in [-0.2, -0.15) is 0 Å². The zero-order valence-corrected chi connectivity index (χ0v) is 6.50. The first-order valence-corrected chi connectivity index (χ1v) is 3.22. The van der Waals surface area contributed by atoms with Gasteiger partial charge in [0, 0.05) is 5.57 Å². The van der Waals surface area contributed by atoms with Crippen molar-refractivity contribution in [2.24, 2.45) is 5.84 Å². The zero-order valence-electron chi connectivity index (χ0n) is 6.50. The molecule has 0 unspecified atom stereocenters. The average molecular weight is 152 g/mol. The summed E-state index contributed by atoms with van der Waals surface area (Å²) in [4.78, 5) is 10.9. The van der Waals surface area contributed by atoms with Gasteiger partial charge < -0.3 is 0 Å². The topological polar surface area (TPSA) is 55.1 Å². The van der Waals surface area contributed by atoms with Gasteiger partial charge in [-0.1, -0.05) is 24.8 Å². The van der Waals surface area contributed by atoms with E-state index in [4.69, 9.17) is 5.84 Å². The number of nitrogens with one attached hydrogen (secondary N) is 1. The minimum absolute atomic E-state index is 0.300. The van der Waals surface area contributed by atoms with Crippen LogP contribution in [0.5, 0.6) is 0 Å². The van der Waals surface area contributed by atoms with E-state index in [1.165, 1.54) is 0 Å². The second-order valence-electron chi connectivity index (χ2n) is 1.81. The van der Waals surface area contributed by atoms with Crippen LogP contribution < -0.4 is 11.3 Å². The predicted octanol–water partition coefficient (Wildman–Crippen LogP) is 0.665. The molecule has 0 saturated carbocycles. The fraction of sp³-hybridized carbons (Fsp3) is 0.125. The number of allylic oxidation sites excluding steroid dienone is 3. The van der Waals surface area contributed by atoms with Crippen LogP contribution in [0.1, 0.15) is 6.92 Å². The molecule has 0 aromatic rings. The highest BCUT2D eigenvalue weighted by molar-refractivity contribution is 5.95. The number of hydrogen-bond donors (Lipinski definition) is 2. The quantitative estimate of drug-likeness (QED) is 0.205. The van der Waals surface area contributed by atoms with Crippen LogP contribution >= 0.6 is 0 Å². The number of carbonyl (C=O) groups is 1. The Labute approximate surface area is 66.2 Å². The summed E-state index contributed by atoms with van der Waals surface area (Å²) in [5.41, 5.74) is 2.55. The molecule has 60 valence electrons. The van der Waals surface area contributed by atoms with Gasteiger partial charge in [0.2, 0.25) is 0 Å². The van der Waals surface area contributed by atoms with Crippen LogP contribution in [0.4, 0.5) is 0 Å². The fourth-order valence-electron chi connectivity index (χ4n) is 0.558. The van der Waals surface area contributed by atoms with E-state index in [9.17, 15) is 4.79 Å². The van der Waals surface area contributed by atoms with Crippen molar-refractivity contribution in [1.29, 1.82) is 0 Å². The Hall–Kier alpha value is -1.35. The Bertz CT molecular complexity index is 204. The van der Waals surface area contributed by atoms with Crippen molar-refractivity contribution in [3.8, 4) is 0 Å². The van der Waals surface area contributed by atoms with Gasteiger partial charge in [0.05, 0.1) is 0 Å². The lowest BCUT2D eigenvalue weighted by molar-refractivity contribution is -0.117. The van der Waals surface area contributed by atoms with E-state index in [-0.39, 0.29) is 5.91 Å². The van der Waals surface area contributed by atoms with E-state index in [0.29, 0.717) is 5.57 Å². The summed E-state index contributed by atoms with van der Waals surface area (Å²) in [7, 11) is 0. The second kappa shape index (κ2) is 5.44. The van der Waals surface area contributed by atoms with Gasteiger partial charge in [-0.25, -0.2) is 5.84 Å². The van der Waals surface area contributed by atoms with Crippen LogP contribution in [0.15, 0.2) is 36.5 Å². The van der Waals surface area contributed by atoms with Crippen LogP contribution in [0.25, 0.3) is 0 Å². The van der Waals surface area contributed by atoms with E-state index in [1.54, 1.807) is 31.2 Å². The molecule has 0 heterocycles. The van der Waals surface area contributed by atoms with E-state index < -0.39 is 0 Å². The molecule has 0 aromatic carbocycles. The Balaban J connectivity index is 4.31. The van der Waals surface area contributed by atoms with Crippen molar-refractivity contribution >= 4 is 5.91 Å². The van der Waals surface area contributed by atoms with Gasteiger partial charge in [-0.05, 0) is 13.0 Å². The van der Waals surface area contributed by atoms with Gasteiger partial charge in [-0.3, -0.25) is 10.2 Å². The number of hydrazine groups is 1. The molecule has 0 rings (SSSR count). The van der Waals surface area contributed by atoms with E-state index >= 15 is 0 Å². The summed E-state index contributed by atoms with van der Waals surface area (Å²) in [6.45, 7) is 5.24. The lowest BCUT2D eigenvalue weighted by atomic mass is 10.2. The molecule has 0 aliphatic carbocycles. The van der Waals surface area contributed by atoms with Crippen LogP contribution in [0.2, 0.25) is 0 Å². The Morgan fingerprint density at radius 3 is 2.64 bits per heavy atom. The molecule has 0 saturated heterocycles. The van der Waals surface area contributed by atoms with Crippen molar-refractivity contribution in [2.75, 3.05) is 0 Å². The Kier molecular flexibility index (Phi) is 4.77. The zero-order chi connectivity index (χ0) is 8.69. The third kappa shape index (κ3) is 3.37. The number of rotatable bonds is 3. The van der Waals surface area contributed by atoms with Crippen molar-refractivity contribution in [3.05, 3.63) is 36.5 Å². The molecular formula is C8H12N2O. The molecule has 0 aliphatic heterocycles. The van der Waals surface area contributed by atoms with Crippen molar-refractivity contribution in [3.63, 3.8) is 0 Å². The number of nitrogens with two attached hydrogens (primary N) is 1. The highest BCUT2D eigenvalue weighted by Gasteiger charge is 1.99. The molecule has 0 fully saturated rings. The van der Waals surface area contributed by atoms with Crippen LogP contribution in [-0.4, -0.2) is 5.91 Å². The highest BCUT2D eigenvalue weighted by atomic mass is 16.2. The number of amides is 1. The largest absolute Gasteiger partial charge is 0.290 e. The Morgan fingerprint density at radius 1 is 1.64 bits per heavy atom. The second-order valence-corrected chi connectivity index (χ2v) is 1.81. The summed E-state index contributed by atoms with van der Waals surface area (Å²) in [6.07, 6.45) is 6.56. The monoisotopic (exact) mass is 152 g/mol. The smallest absolute Gasteiger partial charge is 0.264 e. The van der Waals surface area contributed by atoms with E-state index in [0.717, 1.165) is 0 Å². The number of hydrogen-bond acceptors (Lipinski definition) is 2. The minimum Gasteiger partial charge on any atom is -0.290 e. The molecule has 0 atom stereocenters. The standard InChI is InChI=1S/C8H12N2O/c1-3-5-6-7(4-2)8(11)10-9/h3-6H,1,9H2,2H3,(H,10,11)/b6-5-,7-4+. The van der Waals surface area contributed by atoms with Crippen molar-refractivity contribution in [2.45, 2.75) is 6.92 Å². The molecule has 3 N–H and O–H groups in total. The van der Waals surface area contributed by atoms with Crippen molar-refractivity contribution in [1.82, 2.24) is 5.43 Å². The van der Waals surface area contributed by atoms with Gasteiger partial charge in [-0.15, -0.1) is 0 Å². The maximum absolute atomic E-state index is 10.9. The van der Waals surface area contributed by atoms with Gasteiger partial charge in [0.15, 0.2) is 0 Å². The first-order valence-electron chi connectivity index (χ1n) is 3.22. The average Bonchev–Trinajstić information content (AvgIpc) is 2.05. The summed E-state index contributed by atoms with van der Waals surface area (Å²) < 4.78 is 0. The molecule has 0 radical (unpaired) electrons. The van der Waals surface area contributed by atoms with Gasteiger partial charge >= 0.3 is 0 Å².